The molecule has 0 atom stereocenters. The molecule has 0 fully saturated rings. The first kappa shape index (κ1) is 18.7. The first-order valence-electron chi connectivity index (χ1n) is 9.60. The number of carbonyl (C=O) groups is 1. The molecule has 29 heavy (non-hydrogen) atoms. The van der Waals surface area contributed by atoms with E-state index >= 15 is 0 Å². The Morgan fingerprint density at radius 2 is 1.93 bits per heavy atom. The van der Waals surface area contributed by atoms with Crippen LogP contribution in [0.5, 0.6) is 5.75 Å². The van der Waals surface area contributed by atoms with Gasteiger partial charge in [0.2, 0.25) is 11.9 Å². The number of aromatic amines is 2. The third kappa shape index (κ3) is 4.63. The van der Waals surface area contributed by atoms with Crippen LogP contribution in [-0.4, -0.2) is 33.2 Å². The summed E-state index contributed by atoms with van der Waals surface area (Å²) in [7, 11) is 1.61. The molecule has 0 aliphatic carbocycles. The predicted molar refractivity (Wildman–Crippen MR) is 112 cm³/mol. The zero-order chi connectivity index (χ0) is 20.1. The number of para-hydroxylation sites is 1. The van der Waals surface area contributed by atoms with Crippen LogP contribution in [0.3, 0.4) is 0 Å². The molecule has 7 heteroatoms. The summed E-state index contributed by atoms with van der Waals surface area (Å²) < 4.78 is 5.12. The number of H-pyrrole nitrogens is 2. The number of rotatable bonds is 8. The van der Waals surface area contributed by atoms with Gasteiger partial charge in [-0.1, -0.05) is 30.3 Å². The zero-order valence-electron chi connectivity index (χ0n) is 16.2. The van der Waals surface area contributed by atoms with E-state index in [1.54, 1.807) is 7.11 Å². The van der Waals surface area contributed by atoms with Crippen LogP contribution in [0.2, 0.25) is 0 Å². The average Bonchev–Trinajstić information content (AvgIpc) is 3.36. The standard InChI is InChI=1S/C22H23N5O2/c1-29-17-11-9-15(10-12-17)13-21(28)25-22-24-20(26-27-22)8-4-5-16-14-23-19-7-3-2-6-18(16)19/h2-3,6-7,9-12,14,23H,4-5,8,13H2,1H3,(H2,24,25,26,27,28). The molecule has 0 saturated carbocycles. The number of carbonyl (C=O) groups excluding carboxylic acids is 1. The minimum Gasteiger partial charge on any atom is -0.497 e. The van der Waals surface area contributed by atoms with Crippen molar-refractivity contribution < 1.29 is 9.53 Å². The molecule has 4 rings (SSSR count). The fourth-order valence-electron chi connectivity index (χ4n) is 3.35. The van der Waals surface area contributed by atoms with Crippen molar-refractivity contribution in [3.63, 3.8) is 0 Å². The molecule has 2 heterocycles. The van der Waals surface area contributed by atoms with Crippen LogP contribution in [-0.2, 0) is 24.1 Å². The topological polar surface area (TPSA) is 95.7 Å². The molecule has 2 aromatic heterocycles. The lowest BCUT2D eigenvalue weighted by molar-refractivity contribution is -0.115. The Bertz CT molecular complexity index is 1100. The molecule has 0 spiro atoms. The SMILES string of the molecule is COc1ccc(CC(=O)Nc2n[nH]c(CCCc3c[nH]c4ccccc34)n2)cc1. The largest absolute Gasteiger partial charge is 0.497 e. The Labute approximate surface area is 168 Å². The van der Waals surface area contributed by atoms with Crippen LogP contribution in [0.25, 0.3) is 10.9 Å². The second-order valence-corrected chi connectivity index (χ2v) is 6.89. The fraction of sp³-hybridized carbons (Fsp3) is 0.227. The second-order valence-electron chi connectivity index (χ2n) is 6.89. The minimum absolute atomic E-state index is 0.153. The summed E-state index contributed by atoms with van der Waals surface area (Å²) in [6.45, 7) is 0. The molecule has 7 nitrogen and oxygen atoms in total. The number of nitrogens with zero attached hydrogens (tertiary/aromatic N) is 2. The van der Waals surface area contributed by atoms with E-state index in [1.807, 2.05) is 30.3 Å². The molecule has 0 bridgehead atoms. The number of ether oxygens (including phenoxy) is 1. The Kier molecular flexibility index (Phi) is 5.56. The molecule has 0 unspecified atom stereocenters. The van der Waals surface area contributed by atoms with Crippen LogP contribution < -0.4 is 10.1 Å². The first-order valence-corrected chi connectivity index (χ1v) is 9.60. The molecule has 4 aromatic rings. The van der Waals surface area contributed by atoms with Crippen LogP contribution in [0.15, 0.2) is 54.7 Å². The lowest BCUT2D eigenvalue weighted by atomic mass is 10.1. The Hall–Kier alpha value is -3.61. The van der Waals surface area contributed by atoms with Gasteiger partial charge in [-0.25, -0.2) is 0 Å². The number of hydrogen-bond donors (Lipinski definition) is 3. The highest BCUT2D eigenvalue weighted by atomic mass is 16.5. The molecule has 1 amide bonds. The van der Waals surface area contributed by atoms with E-state index in [9.17, 15) is 4.79 Å². The van der Waals surface area contributed by atoms with E-state index in [-0.39, 0.29) is 12.3 Å². The van der Waals surface area contributed by atoms with Gasteiger partial charge in [0, 0.05) is 23.5 Å². The predicted octanol–water partition coefficient (Wildman–Crippen LogP) is 3.65. The average molecular weight is 389 g/mol. The summed E-state index contributed by atoms with van der Waals surface area (Å²) in [6, 6.07) is 15.7. The van der Waals surface area contributed by atoms with Gasteiger partial charge in [-0.05, 0) is 42.2 Å². The van der Waals surface area contributed by atoms with Crippen molar-refractivity contribution in [1.29, 1.82) is 0 Å². The van der Waals surface area contributed by atoms with Gasteiger partial charge in [-0.15, -0.1) is 5.10 Å². The maximum atomic E-state index is 12.2. The van der Waals surface area contributed by atoms with E-state index in [1.165, 1.54) is 10.9 Å². The van der Waals surface area contributed by atoms with Crippen LogP contribution in [0.1, 0.15) is 23.4 Å². The summed E-state index contributed by atoms with van der Waals surface area (Å²) in [5.74, 6) is 1.69. The van der Waals surface area contributed by atoms with E-state index in [0.717, 1.165) is 41.9 Å². The number of benzene rings is 2. The molecule has 2 aromatic carbocycles. The summed E-state index contributed by atoms with van der Waals surface area (Å²) in [5, 5.41) is 11.0. The normalized spacial score (nSPS) is 10.9. The van der Waals surface area contributed by atoms with Crippen molar-refractivity contribution in [3.8, 4) is 5.75 Å². The van der Waals surface area contributed by atoms with Gasteiger partial charge in [0.25, 0.3) is 0 Å². The molecule has 3 N–H and O–H groups in total. The third-order valence-corrected chi connectivity index (χ3v) is 4.84. The van der Waals surface area contributed by atoms with Crippen LogP contribution in [0.4, 0.5) is 5.95 Å². The second kappa shape index (κ2) is 8.60. The highest BCUT2D eigenvalue weighted by Gasteiger charge is 2.09. The quantitative estimate of drug-likeness (QED) is 0.429. The molecule has 0 aliphatic rings. The van der Waals surface area contributed by atoms with Gasteiger partial charge in [0.15, 0.2) is 0 Å². The lowest BCUT2D eigenvalue weighted by Gasteiger charge is -2.03. The van der Waals surface area contributed by atoms with Crippen molar-refractivity contribution in [2.24, 2.45) is 0 Å². The number of nitrogens with one attached hydrogen (secondary N) is 3. The van der Waals surface area contributed by atoms with Gasteiger partial charge in [-0.2, -0.15) is 4.98 Å². The molecule has 0 saturated heterocycles. The maximum Gasteiger partial charge on any atom is 0.248 e. The van der Waals surface area contributed by atoms with E-state index in [2.05, 4.69) is 49.9 Å². The first-order chi connectivity index (χ1) is 14.2. The molecular formula is C22H23N5O2. The smallest absolute Gasteiger partial charge is 0.248 e. The van der Waals surface area contributed by atoms with Crippen molar-refractivity contribution in [2.75, 3.05) is 12.4 Å². The van der Waals surface area contributed by atoms with Gasteiger partial charge in [0.1, 0.15) is 11.6 Å². The van der Waals surface area contributed by atoms with Gasteiger partial charge < -0.3 is 9.72 Å². The maximum absolute atomic E-state index is 12.2. The molecular weight excluding hydrogens is 366 g/mol. The lowest BCUT2D eigenvalue weighted by Crippen LogP contribution is -2.15. The number of fused-ring (bicyclic) bond motifs is 1. The summed E-state index contributed by atoms with van der Waals surface area (Å²) in [4.78, 5) is 19.9. The number of amides is 1. The Balaban J connectivity index is 1.27. The van der Waals surface area contributed by atoms with Gasteiger partial charge in [0.05, 0.1) is 13.5 Å². The van der Waals surface area contributed by atoms with E-state index < -0.39 is 0 Å². The van der Waals surface area contributed by atoms with Crippen molar-refractivity contribution in [3.05, 3.63) is 71.7 Å². The fourth-order valence-corrected chi connectivity index (χ4v) is 3.35. The van der Waals surface area contributed by atoms with Crippen molar-refractivity contribution in [1.82, 2.24) is 20.2 Å². The van der Waals surface area contributed by atoms with Crippen LogP contribution >= 0.6 is 0 Å². The Morgan fingerprint density at radius 1 is 1.10 bits per heavy atom. The number of anilines is 1. The highest BCUT2D eigenvalue weighted by Crippen LogP contribution is 2.19. The molecule has 0 radical (unpaired) electrons. The van der Waals surface area contributed by atoms with E-state index in [4.69, 9.17) is 4.74 Å². The van der Waals surface area contributed by atoms with Crippen LogP contribution in [0, 0.1) is 0 Å². The monoisotopic (exact) mass is 389 g/mol. The van der Waals surface area contributed by atoms with Crippen molar-refractivity contribution in [2.45, 2.75) is 25.7 Å². The highest BCUT2D eigenvalue weighted by molar-refractivity contribution is 5.90. The summed E-state index contributed by atoms with van der Waals surface area (Å²) in [5.41, 5.74) is 3.36. The number of aryl methyl sites for hydroxylation is 2. The summed E-state index contributed by atoms with van der Waals surface area (Å²) >= 11 is 0. The summed E-state index contributed by atoms with van der Waals surface area (Å²) in [6.07, 6.45) is 4.98. The zero-order valence-corrected chi connectivity index (χ0v) is 16.2. The van der Waals surface area contributed by atoms with Gasteiger partial charge in [-0.3, -0.25) is 15.2 Å². The number of hydrogen-bond acceptors (Lipinski definition) is 4. The molecule has 0 aliphatic heterocycles. The Morgan fingerprint density at radius 3 is 2.76 bits per heavy atom. The number of aromatic nitrogens is 4. The third-order valence-electron chi connectivity index (χ3n) is 4.84. The van der Waals surface area contributed by atoms with Gasteiger partial charge >= 0.3 is 0 Å². The molecule has 148 valence electrons. The van der Waals surface area contributed by atoms with E-state index in [0.29, 0.717) is 5.95 Å². The number of methoxy groups -OCH3 is 1. The minimum atomic E-state index is -0.153. The van der Waals surface area contributed by atoms with Crippen molar-refractivity contribution >= 4 is 22.8 Å².